The van der Waals surface area contributed by atoms with Gasteiger partial charge in [-0.1, -0.05) is 30.7 Å². The molecule has 6 nitrogen and oxygen atoms in total. The van der Waals surface area contributed by atoms with Crippen molar-refractivity contribution in [1.82, 2.24) is 9.47 Å². The van der Waals surface area contributed by atoms with Gasteiger partial charge in [0.15, 0.2) is 0 Å². The zero-order valence-electron chi connectivity index (χ0n) is 16.4. The van der Waals surface area contributed by atoms with Gasteiger partial charge in [-0.25, -0.2) is 9.59 Å². The number of carbonyl (C=O) groups is 2. The van der Waals surface area contributed by atoms with Crippen LogP contribution in [0.25, 0.3) is 16.5 Å². The molecule has 1 heterocycles. The lowest BCUT2D eigenvalue weighted by atomic mass is 10.0. The Hall–Kier alpha value is -3.46. The van der Waals surface area contributed by atoms with E-state index in [4.69, 9.17) is 11.2 Å². The van der Waals surface area contributed by atoms with Gasteiger partial charge < -0.3 is 18.9 Å². The fraction of sp³-hybridized carbons (Fsp3) is 0.273. The van der Waals surface area contributed by atoms with E-state index < -0.39 is 11.9 Å². The highest BCUT2D eigenvalue weighted by Crippen LogP contribution is 2.30. The smallest absolute Gasteiger partial charge is 0.339 e. The van der Waals surface area contributed by atoms with E-state index in [2.05, 4.69) is 17.2 Å². The van der Waals surface area contributed by atoms with Gasteiger partial charge >= 0.3 is 11.9 Å². The SMILES string of the molecule is C#CCN(/C=C/C(=O)OC)CCc1c(C(=C)C(=O)OC)n(C)c2ccccc12. The van der Waals surface area contributed by atoms with Gasteiger partial charge in [0.2, 0.25) is 0 Å². The molecule has 0 aliphatic heterocycles. The maximum absolute atomic E-state index is 12.1. The third kappa shape index (κ3) is 4.44. The molecule has 0 radical (unpaired) electrons. The Kier molecular flexibility index (Phi) is 7.05. The van der Waals surface area contributed by atoms with Crippen molar-refractivity contribution in [3.05, 3.63) is 54.4 Å². The molecule has 0 spiro atoms. The minimum Gasteiger partial charge on any atom is -0.466 e. The van der Waals surface area contributed by atoms with Crippen molar-refractivity contribution in [2.24, 2.45) is 7.05 Å². The number of aryl methyl sites for hydroxylation is 1. The standard InChI is InChI=1S/C22H24N2O4/c1-6-13-24(15-12-20(25)27-4)14-11-18-17-9-7-8-10-19(17)23(3)21(18)16(2)22(26)28-5/h1,7-10,12,15H,2,11,13-14H2,3-5H3/b15-12+. The first-order valence-electron chi connectivity index (χ1n) is 8.72. The first-order chi connectivity index (χ1) is 13.4. The molecule has 0 saturated carbocycles. The van der Waals surface area contributed by atoms with E-state index in [0.29, 0.717) is 25.1 Å². The number of methoxy groups -OCH3 is 2. The van der Waals surface area contributed by atoms with Crippen LogP contribution in [0.2, 0.25) is 0 Å². The highest BCUT2D eigenvalue weighted by molar-refractivity contribution is 6.17. The largest absolute Gasteiger partial charge is 0.466 e. The second-order valence-electron chi connectivity index (χ2n) is 6.14. The Morgan fingerprint density at radius 1 is 1.29 bits per heavy atom. The molecular weight excluding hydrogens is 356 g/mol. The summed E-state index contributed by atoms with van der Waals surface area (Å²) in [6, 6.07) is 7.89. The summed E-state index contributed by atoms with van der Waals surface area (Å²) >= 11 is 0. The Balaban J connectivity index is 2.40. The average molecular weight is 380 g/mol. The minimum absolute atomic E-state index is 0.296. The number of hydrogen-bond donors (Lipinski definition) is 0. The van der Waals surface area contributed by atoms with E-state index in [1.54, 1.807) is 6.20 Å². The molecule has 0 N–H and O–H groups in total. The predicted octanol–water partition coefficient (Wildman–Crippen LogP) is 2.53. The van der Waals surface area contributed by atoms with Crippen molar-refractivity contribution in [3.8, 4) is 12.3 Å². The summed E-state index contributed by atoms with van der Waals surface area (Å²) in [5.41, 5.74) is 2.99. The number of esters is 2. The van der Waals surface area contributed by atoms with Crippen LogP contribution in [0, 0.1) is 12.3 Å². The Morgan fingerprint density at radius 2 is 2.00 bits per heavy atom. The van der Waals surface area contributed by atoms with Crippen LogP contribution in [-0.2, 0) is 32.5 Å². The van der Waals surface area contributed by atoms with Crippen molar-refractivity contribution in [1.29, 1.82) is 0 Å². The number of benzene rings is 1. The molecule has 0 saturated heterocycles. The number of para-hydroxylation sites is 1. The molecule has 1 aromatic carbocycles. The maximum atomic E-state index is 12.1. The lowest BCUT2D eigenvalue weighted by molar-refractivity contribution is -0.135. The second kappa shape index (κ2) is 9.47. The highest BCUT2D eigenvalue weighted by atomic mass is 16.5. The van der Waals surface area contributed by atoms with Crippen LogP contribution < -0.4 is 0 Å². The van der Waals surface area contributed by atoms with E-state index in [1.807, 2.05) is 40.8 Å². The van der Waals surface area contributed by atoms with E-state index in [1.165, 1.54) is 20.3 Å². The van der Waals surface area contributed by atoms with E-state index >= 15 is 0 Å². The minimum atomic E-state index is -0.474. The van der Waals surface area contributed by atoms with Crippen molar-refractivity contribution >= 4 is 28.4 Å². The molecule has 0 atom stereocenters. The molecule has 146 valence electrons. The number of aromatic nitrogens is 1. The second-order valence-corrected chi connectivity index (χ2v) is 6.14. The van der Waals surface area contributed by atoms with E-state index in [-0.39, 0.29) is 0 Å². The number of hydrogen-bond acceptors (Lipinski definition) is 5. The molecule has 0 aliphatic rings. The molecule has 28 heavy (non-hydrogen) atoms. The van der Waals surface area contributed by atoms with Crippen molar-refractivity contribution < 1.29 is 19.1 Å². The lowest BCUT2D eigenvalue weighted by Crippen LogP contribution is -2.21. The Morgan fingerprint density at radius 3 is 2.64 bits per heavy atom. The quantitative estimate of drug-likeness (QED) is 0.400. The normalized spacial score (nSPS) is 10.6. The zero-order chi connectivity index (χ0) is 20.7. The van der Waals surface area contributed by atoms with Gasteiger partial charge in [-0.3, -0.25) is 0 Å². The number of fused-ring (bicyclic) bond motifs is 1. The van der Waals surface area contributed by atoms with Crippen LogP contribution >= 0.6 is 0 Å². The molecule has 1 aromatic heterocycles. The van der Waals surface area contributed by atoms with Crippen molar-refractivity contribution in [3.63, 3.8) is 0 Å². The summed E-state index contributed by atoms with van der Waals surface area (Å²) in [5.74, 6) is 1.65. The first kappa shape index (κ1) is 20.8. The average Bonchev–Trinajstić information content (AvgIpc) is 3.00. The van der Waals surface area contributed by atoms with Gasteiger partial charge in [0.1, 0.15) is 0 Å². The molecule has 0 fully saturated rings. The Labute approximate surface area is 165 Å². The van der Waals surface area contributed by atoms with Gasteiger partial charge in [0, 0.05) is 36.8 Å². The molecule has 0 aliphatic carbocycles. The van der Waals surface area contributed by atoms with Gasteiger partial charge in [-0.15, -0.1) is 6.42 Å². The zero-order valence-corrected chi connectivity index (χ0v) is 16.4. The monoisotopic (exact) mass is 380 g/mol. The summed E-state index contributed by atoms with van der Waals surface area (Å²) in [6.07, 6.45) is 8.99. The third-order valence-electron chi connectivity index (χ3n) is 4.50. The van der Waals surface area contributed by atoms with Crippen LogP contribution in [-0.4, -0.2) is 48.7 Å². The molecule has 6 heteroatoms. The molecule has 2 rings (SSSR count). The van der Waals surface area contributed by atoms with Gasteiger partial charge in [-0.05, 0) is 18.1 Å². The summed E-state index contributed by atoms with van der Waals surface area (Å²) < 4.78 is 11.4. The fourth-order valence-electron chi connectivity index (χ4n) is 3.14. The number of nitrogens with zero attached hydrogens (tertiary/aromatic N) is 2. The van der Waals surface area contributed by atoms with Gasteiger partial charge in [-0.2, -0.15) is 0 Å². The van der Waals surface area contributed by atoms with Crippen LogP contribution in [0.5, 0.6) is 0 Å². The predicted molar refractivity (Wildman–Crippen MR) is 109 cm³/mol. The van der Waals surface area contributed by atoms with E-state index in [9.17, 15) is 9.59 Å². The highest BCUT2D eigenvalue weighted by Gasteiger charge is 2.21. The fourth-order valence-corrected chi connectivity index (χ4v) is 3.14. The summed E-state index contributed by atoms with van der Waals surface area (Å²) in [5, 5.41) is 1.03. The van der Waals surface area contributed by atoms with Crippen LogP contribution in [0.1, 0.15) is 11.3 Å². The van der Waals surface area contributed by atoms with Crippen LogP contribution in [0.3, 0.4) is 0 Å². The van der Waals surface area contributed by atoms with Gasteiger partial charge in [0.05, 0.1) is 32.0 Å². The third-order valence-corrected chi connectivity index (χ3v) is 4.50. The topological polar surface area (TPSA) is 60.8 Å². The number of carbonyl (C=O) groups excluding carboxylic acids is 2. The number of ether oxygens (including phenoxy) is 2. The van der Waals surface area contributed by atoms with Crippen molar-refractivity contribution in [2.45, 2.75) is 6.42 Å². The molecular formula is C22H24N2O4. The van der Waals surface area contributed by atoms with Crippen LogP contribution in [0.15, 0.2) is 43.1 Å². The molecule has 0 unspecified atom stereocenters. The van der Waals surface area contributed by atoms with Gasteiger partial charge in [0.25, 0.3) is 0 Å². The number of rotatable bonds is 8. The summed E-state index contributed by atoms with van der Waals surface area (Å²) in [4.78, 5) is 25.3. The van der Waals surface area contributed by atoms with Crippen molar-refractivity contribution in [2.75, 3.05) is 27.3 Å². The maximum Gasteiger partial charge on any atom is 0.339 e. The Bertz CT molecular complexity index is 963. The molecule has 2 aromatic rings. The molecule has 0 amide bonds. The first-order valence-corrected chi connectivity index (χ1v) is 8.72. The molecule has 0 bridgehead atoms. The van der Waals surface area contributed by atoms with E-state index in [0.717, 1.165) is 22.2 Å². The number of terminal acetylenes is 1. The lowest BCUT2D eigenvalue weighted by Gasteiger charge is -2.18. The summed E-state index contributed by atoms with van der Waals surface area (Å²) in [7, 11) is 4.55. The summed E-state index contributed by atoms with van der Waals surface area (Å²) in [6.45, 7) is 4.82. The van der Waals surface area contributed by atoms with Crippen LogP contribution in [0.4, 0.5) is 0 Å².